The summed E-state index contributed by atoms with van der Waals surface area (Å²) < 4.78 is 9.39. The zero-order valence-electron chi connectivity index (χ0n) is 11.6. The number of hydrogen-bond donors (Lipinski definition) is 0. The van der Waals surface area contributed by atoms with Crippen molar-refractivity contribution in [2.24, 2.45) is 0 Å². The lowest BCUT2D eigenvalue weighted by Crippen LogP contribution is -2.00. The predicted octanol–water partition coefficient (Wildman–Crippen LogP) is 3.00. The lowest BCUT2D eigenvalue weighted by molar-refractivity contribution is 0.412. The Morgan fingerprint density at radius 1 is 1.35 bits per heavy atom. The number of hydrogen-bond acceptors (Lipinski definition) is 3. The minimum Gasteiger partial charge on any atom is -0.495 e. The van der Waals surface area contributed by atoms with E-state index >= 15 is 0 Å². The largest absolute Gasteiger partial charge is 0.495 e. The highest BCUT2D eigenvalue weighted by atomic mass is 16.5. The normalized spacial score (nSPS) is 15.4. The summed E-state index contributed by atoms with van der Waals surface area (Å²) in [6.45, 7) is 0.269. The van der Waals surface area contributed by atoms with Crippen LogP contribution in [0, 0.1) is 11.3 Å². The van der Waals surface area contributed by atoms with Gasteiger partial charge in [-0.05, 0) is 12.8 Å². The second-order valence-corrected chi connectivity index (χ2v) is 5.21. The Hall–Kier alpha value is -2.22. The third-order valence-electron chi connectivity index (χ3n) is 3.95. The van der Waals surface area contributed by atoms with E-state index in [1.54, 1.807) is 18.0 Å². The van der Waals surface area contributed by atoms with Gasteiger partial charge in [-0.3, -0.25) is 4.68 Å². The summed E-state index contributed by atoms with van der Waals surface area (Å²) in [4.78, 5) is 0. The minimum absolute atomic E-state index is 0.269. The second-order valence-electron chi connectivity index (χ2n) is 5.21. The smallest absolute Gasteiger partial charge is 0.144 e. The first-order valence-corrected chi connectivity index (χ1v) is 6.97. The number of ether oxygens (including phenoxy) is 1. The molecule has 0 spiro atoms. The Balaban J connectivity index is 1.92. The first-order chi connectivity index (χ1) is 9.81. The number of nitriles is 1. The Bertz CT molecular complexity index is 629. The molecule has 0 aliphatic heterocycles. The maximum Gasteiger partial charge on any atom is 0.144 e. The molecule has 1 aliphatic carbocycles. The van der Waals surface area contributed by atoms with Crippen molar-refractivity contribution >= 4 is 0 Å². The third kappa shape index (κ3) is 2.29. The van der Waals surface area contributed by atoms with Crippen molar-refractivity contribution in [3.8, 4) is 22.9 Å². The van der Waals surface area contributed by atoms with Crippen molar-refractivity contribution in [3.63, 3.8) is 0 Å². The van der Waals surface area contributed by atoms with Gasteiger partial charge in [0.1, 0.15) is 12.3 Å². The van der Waals surface area contributed by atoms with Gasteiger partial charge in [0.05, 0.1) is 19.4 Å². The molecule has 2 aromatic rings. The van der Waals surface area contributed by atoms with Crippen LogP contribution in [-0.2, 0) is 6.54 Å². The molecule has 1 fully saturated rings. The molecule has 0 aromatic carbocycles. The minimum atomic E-state index is 0.269. The zero-order chi connectivity index (χ0) is 13.9. The van der Waals surface area contributed by atoms with E-state index in [2.05, 4.69) is 28.1 Å². The molecule has 104 valence electrons. The molecule has 1 aliphatic rings. The number of nitrogens with zero attached hydrogens (tertiary/aromatic N) is 4. The van der Waals surface area contributed by atoms with Crippen LogP contribution in [0.4, 0.5) is 0 Å². The summed E-state index contributed by atoms with van der Waals surface area (Å²) in [5.74, 6) is 0.869. The highest BCUT2D eigenvalue weighted by molar-refractivity contribution is 5.68. The van der Waals surface area contributed by atoms with Crippen molar-refractivity contribution in [2.45, 2.75) is 38.3 Å². The van der Waals surface area contributed by atoms with Crippen LogP contribution in [0.1, 0.15) is 31.7 Å². The van der Waals surface area contributed by atoms with Crippen molar-refractivity contribution in [1.82, 2.24) is 14.3 Å². The summed E-state index contributed by atoms with van der Waals surface area (Å²) in [5.41, 5.74) is 2.04. The van der Waals surface area contributed by atoms with Gasteiger partial charge >= 0.3 is 0 Å². The number of rotatable bonds is 4. The fraction of sp³-hybridized carbons (Fsp3) is 0.467. The molecule has 0 amide bonds. The van der Waals surface area contributed by atoms with E-state index in [0.29, 0.717) is 6.04 Å². The summed E-state index contributed by atoms with van der Waals surface area (Å²) in [6.07, 6.45) is 13.0. The standard InChI is InChI=1S/C15H18N4O/c1-20-15-11-18(13-4-2-3-5-13)10-14(15)12-8-17-19(9-12)7-6-16/h8-11,13H,2-5,7H2,1H3. The number of aromatic nitrogens is 3. The molecule has 5 heteroatoms. The summed E-state index contributed by atoms with van der Waals surface area (Å²) in [5, 5.41) is 12.9. The van der Waals surface area contributed by atoms with Crippen molar-refractivity contribution in [2.75, 3.05) is 7.11 Å². The van der Waals surface area contributed by atoms with Crippen LogP contribution in [0.5, 0.6) is 5.75 Å². The predicted molar refractivity (Wildman–Crippen MR) is 75.3 cm³/mol. The van der Waals surface area contributed by atoms with E-state index in [-0.39, 0.29) is 6.54 Å². The van der Waals surface area contributed by atoms with Gasteiger partial charge in [0.25, 0.3) is 0 Å². The van der Waals surface area contributed by atoms with Gasteiger partial charge in [-0.25, -0.2) is 0 Å². The molecule has 0 bridgehead atoms. The maximum atomic E-state index is 8.71. The van der Waals surface area contributed by atoms with Gasteiger partial charge in [0.15, 0.2) is 0 Å². The summed E-state index contributed by atoms with van der Waals surface area (Å²) in [7, 11) is 1.69. The van der Waals surface area contributed by atoms with E-state index < -0.39 is 0 Å². The third-order valence-corrected chi connectivity index (χ3v) is 3.95. The maximum absolute atomic E-state index is 8.71. The molecule has 2 heterocycles. The average molecular weight is 270 g/mol. The summed E-state index contributed by atoms with van der Waals surface area (Å²) in [6, 6.07) is 2.68. The summed E-state index contributed by atoms with van der Waals surface area (Å²) >= 11 is 0. The molecule has 0 unspecified atom stereocenters. The first-order valence-electron chi connectivity index (χ1n) is 6.97. The van der Waals surface area contributed by atoms with Crippen LogP contribution < -0.4 is 4.74 Å². The van der Waals surface area contributed by atoms with Gasteiger partial charge in [-0.1, -0.05) is 12.8 Å². The van der Waals surface area contributed by atoms with Crippen LogP contribution in [0.15, 0.2) is 24.8 Å². The first kappa shape index (κ1) is 12.8. The van der Waals surface area contributed by atoms with Gasteiger partial charge < -0.3 is 9.30 Å². The topological polar surface area (TPSA) is 55.8 Å². The van der Waals surface area contributed by atoms with E-state index in [0.717, 1.165) is 16.9 Å². The average Bonchev–Trinajstić information content (AvgIpc) is 3.18. The van der Waals surface area contributed by atoms with E-state index in [1.807, 2.05) is 6.20 Å². The van der Waals surface area contributed by atoms with Gasteiger partial charge in [-0.15, -0.1) is 0 Å². The van der Waals surface area contributed by atoms with E-state index in [4.69, 9.17) is 10.00 Å². The lowest BCUT2D eigenvalue weighted by Gasteiger charge is -2.10. The van der Waals surface area contributed by atoms with Crippen molar-refractivity contribution in [1.29, 1.82) is 5.26 Å². The van der Waals surface area contributed by atoms with Crippen LogP contribution in [0.3, 0.4) is 0 Å². The van der Waals surface area contributed by atoms with Crippen LogP contribution >= 0.6 is 0 Å². The highest BCUT2D eigenvalue weighted by Gasteiger charge is 2.20. The molecule has 0 saturated heterocycles. The van der Waals surface area contributed by atoms with E-state index in [9.17, 15) is 0 Å². The van der Waals surface area contributed by atoms with Gasteiger partial charge in [0, 0.05) is 35.8 Å². The van der Waals surface area contributed by atoms with Crippen LogP contribution in [0.2, 0.25) is 0 Å². The second kappa shape index (κ2) is 5.41. The number of methoxy groups -OCH3 is 1. The molecular weight excluding hydrogens is 252 g/mol. The van der Waals surface area contributed by atoms with Gasteiger partial charge in [0.2, 0.25) is 0 Å². The molecule has 3 rings (SSSR count). The quantitative estimate of drug-likeness (QED) is 0.858. The molecule has 1 saturated carbocycles. The van der Waals surface area contributed by atoms with Crippen molar-refractivity contribution in [3.05, 3.63) is 24.8 Å². The molecule has 5 nitrogen and oxygen atoms in total. The van der Waals surface area contributed by atoms with Crippen LogP contribution in [0.25, 0.3) is 11.1 Å². The zero-order valence-corrected chi connectivity index (χ0v) is 11.6. The molecule has 2 aromatic heterocycles. The molecule has 0 atom stereocenters. The SMILES string of the molecule is COc1cn(C2CCCC2)cc1-c1cnn(CC#N)c1. The highest BCUT2D eigenvalue weighted by Crippen LogP contribution is 2.36. The Morgan fingerprint density at radius 2 is 2.15 bits per heavy atom. The molecule has 20 heavy (non-hydrogen) atoms. The Morgan fingerprint density at radius 3 is 2.85 bits per heavy atom. The van der Waals surface area contributed by atoms with E-state index in [1.165, 1.54) is 25.7 Å². The van der Waals surface area contributed by atoms with Gasteiger partial charge in [-0.2, -0.15) is 10.4 Å². The Labute approximate surface area is 118 Å². The fourth-order valence-electron chi connectivity index (χ4n) is 2.91. The monoisotopic (exact) mass is 270 g/mol. The lowest BCUT2D eigenvalue weighted by atomic mass is 10.2. The van der Waals surface area contributed by atoms with Crippen LogP contribution in [-0.4, -0.2) is 21.5 Å². The fourth-order valence-corrected chi connectivity index (χ4v) is 2.91. The van der Waals surface area contributed by atoms with Crippen molar-refractivity contribution < 1.29 is 4.74 Å². The molecule has 0 N–H and O–H groups in total. The Kier molecular flexibility index (Phi) is 3.46. The molecular formula is C15H18N4O. The molecule has 0 radical (unpaired) electrons.